The number of carbonyl (C=O) groups is 1. The van der Waals surface area contributed by atoms with Crippen molar-refractivity contribution in [2.45, 2.75) is 38.2 Å². The predicted molar refractivity (Wildman–Crippen MR) is 66.2 cm³/mol. The van der Waals surface area contributed by atoms with Crippen LogP contribution in [-0.4, -0.2) is 24.5 Å². The average Bonchev–Trinajstić information content (AvgIpc) is 2.12. The standard InChI is InChI=1S/C12H16O5S/c1-8-5-6-10(18(14,15)16)9(7-8)11(13)17-12(2,3)4/h5-7H,1-4H3,(H,14,15,16). The van der Waals surface area contributed by atoms with Crippen LogP contribution in [0.15, 0.2) is 23.1 Å². The van der Waals surface area contributed by atoms with Crippen LogP contribution in [0.5, 0.6) is 0 Å². The van der Waals surface area contributed by atoms with E-state index in [1.807, 2.05) is 0 Å². The number of rotatable bonds is 2. The maximum absolute atomic E-state index is 11.9. The molecule has 0 radical (unpaired) electrons. The Kier molecular flexibility index (Phi) is 3.83. The zero-order valence-corrected chi connectivity index (χ0v) is 11.5. The highest BCUT2D eigenvalue weighted by Gasteiger charge is 2.25. The number of hydrogen-bond acceptors (Lipinski definition) is 4. The van der Waals surface area contributed by atoms with Crippen molar-refractivity contribution < 1.29 is 22.5 Å². The molecule has 0 saturated heterocycles. The van der Waals surface area contributed by atoms with Crippen LogP contribution in [0.2, 0.25) is 0 Å². The van der Waals surface area contributed by atoms with Crippen LogP contribution in [0, 0.1) is 6.92 Å². The summed E-state index contributed by atoms with van der Waals surface area (Å²) < 4.78 is 36.5. The third kappa shape index (κ3) is 3.82. The van der Waals surface area contributed by atoms with Crippen molar-refractivity contribution in [2.24, 2.45) is 0 Å². The van der Waals surface area contributed by atoms with Crippen molar-refractivity contribution in [2.75, 3.05) is 0 Å². The molecule has 5 nitrogen and oxygen atoms in total. The Labute approximate surface area is 107 Å². The Balaban J connectivity index is 3.31. The molecule has 0 heterocycles. The van der Waals surface area contributed by atoms with Crippen molar-refractivity contribution >= 4 is 16.1 Å². The molecule has 0 aromatic heterocycles. The van der Waals surface area contributed by atoms with Crippen molar-refractivity contribution in [3.05, 3.63) is 29.3 Å². The van der Waals surface area contributed by atoms with Crippen molar-refractivity contribution in [1.82, 2.24) is 0 Å². The van der Waals surface area contributed by atoms with E-state index in [-0.39, 0.29) is 5.56 Å². The lowest BCUT2D eigenvalue weighted by atomic mass is 10.1. The summed E-state index contributed by atoms with van der Waals surface area (Å²) in [4.78, 5) is 11.4. The summed E-state index contributed by atoms with van der Waals surface area (Å²) >= 11 is 0. The summed E-state index contributed by atoms with van der Waals surface area (Å²) in [6, 6.07) is 4.05. The van der Waals surface area contributed by atoms with Gasteiger partial charge in [0.1, 0.15) is 10.5 Å². The number of ether oxygens (including phenoxy) is 1. The van der Waals surface area contributed by atoms with Crippen LogP contribution in [0.4, 0.5) is 0 Å². The Morgan fingerprint density at radius 3 is 2.28 bits per heavy atom. The van der Waals surface area contributed by atoms with E-state index in [0.717, 1.165) is 0 Å². The summed E-state index contributed by atoms with van der Waals surface area (Å²) in [7, 11) is -4.45. The van der Waals surface area contributed by atoms with E-state index < -0.39 is 26.6 Å². The van der Waals surface area contributed by atoms with Gasteiger partial charge in [-0.3, -0.25) is 4.55 Å². The van der Waals surface area contributed by atoms with Crippen molar-refractivity contribution in [1.29, 1.82) is 0 Å². The van der Waals surface area contributed by atoms with Gasteiger partial charge in [0.15, 0.2) is 0 Å². The Morgan fingerprint density at radius 2 is 1.83 bits per heavy atom. The molecule has 0 amide bonds. The molecule has 0 unspecified atom stereocenters. The third-order valence-corrected chi connectivity index (χ3v) is 2.94. The molecule has 0 aliphatic carbocycles. The molecule has 1 N–H and O–H groups in total. The average molecular weight is 272 g/mol. The molecule has 0 bridgehead atoms. The van der Waals surface area contributed by atoms with Crippen LogP contribution in [0.1, 0.15) is 36.7 Å². The lowest BCUT2D eigenvalue weighted by Crippen LogP contribution is -2.25. The fraction of sp³-hybridized carbons (Fsp3) is 0.417. The summed E-state index contributed by atoms with van der Waals surface area (Å²) in [5, 5.41) is 0. The van der Waals surface area contributed by atoms with Crippen LogP contribution in [-0.2, 0) is 14.9 Å². The molecule has 0 saturated carbocycles. The zero-order chi connectivity index (χ0) is 14.1. The van der Waals surface area contributed by atoms with Crippen molar-refractivity contribution in [3.63, 3.8) is 0 Å². The smallest absolute Gasteiger partial charge is 0.340 e. The Bertz CT molecular complexity index is 567. The molecule has 1 aromatic carbocycles. The molecule has 100 valence electrons. The molecule has 0 fully saturated rings. The quantitative estimate of drug-likeness (QED) is 0.659. The second-order valence-electron chi connectivity index (χ2n) is 4.98. The molecule has 0 aliphatic rings. The molecule has 18 heavy (non-hydrogen) atoms. The summed E-state index contributed by atoms with van der Waals surface area (Å²) in [6.45, 7) is 6.73. The van der Waals surface area contributed by atoms with Crippen LogP contribution in [0.25, 0.3) is 0 Å². The molecule has 0 atom stereocenters. The lowest BCUT2D eigenvalue weighted by Gasteiger charge is -2.20. The van der Waals surface area contributed by atoms with Gasteiger partial charge in [-0.1, -0.05) is 11.6 Å². The zero-order valence-electron chi connectivity index (χ0n) is 10.7. The van der Waals surface area contributed by atoms with Gasteiger partial charge in [0.25, 0.3) is 10.1 Å². The minimum Gasteiger partial charge on any atom is -0.456 e. The van der Waals surface area contributed by atoms with Gasteiger partial charge >= 0.3 is 5.97 Å². The Morgan fingerprint density at radius 1 is 1.28 bits per heavy atom. The van der Waals surface area contributed by atoms with Gasteiger partial charge in [0.2, 0.25) is 0 Å². The van der Waals surface area contributed by atoms with Gasteiger partial charge < -0.3 is 4.74 Å². The first kappa shape index (κ1) is 14.7. The molecule has 1 rings (SSSR count). The van der Waals surface area contributed by atoms with E-state index in [4.69, 9.17) is 9.29 Å². The molecule has 1 aromatic rings. The first-order chi connectivity index (χ1) is 8.00. The van der Waals surface area contributed by atoms with E-state index in [2.05, 4.69) is 0 Å². The molecular weight excluding hydrogens is 256 g/mol. The van der Waals surface area contributed by atoms with Crippen LogP contribution >= 0.6 is 0 Å². The normalized spacial score (nSPS) is 12.3. The highest BCUT2D eigenvalue weighted by Crippen LogP contribution is 2.20. The van der Waals surface area contributed by atoms with E-state index >= 15 is 0 Å². The largest absolute Gasteiger partial charge is 0.456 e. The van der Waals surface area contributed by atoms with E-state index in [0.29, 0.717) is 5.56 Å². The fourth-order valence-corrected chi connectivity index (χ4v) is 2.02. The number of benzene rings is 1. The molecule has 6 heteroatoms. The monoisotopic (exact) mass is 272 g/mol. The number of hydrogen-bond donors (Lipinski definition) is 1. The maximum Gasteiger partial charge on any atom is 0.340 e. The number of aryl methyl sites for hydroxylation is 1. The van der Waals surface area contributed by atoms with Crippen LogP contribution in [0.3, 0.4) is 0 Å². The minimum absolute atomic E-state index is 0.160. The van der Waals surface area contributed by atoms with Gasteiger partial charge in [-0.05, 0) is 39.8 Å². The highest BCUT2D eigenvalue weighted by molar-refractivity contribution is 7.86. The predicted octanol–water partition coefficient (Wildman–Crippen LogP) is 2.20. The third-order valence-electron chi connectivity index (χ3n) is 2.03. The van der Waals surface area contributed by atoms with Crippen LogP contribution < -0.4 is 0 Å². The SMILES string of the molecule is Cc1ccc(S(=O)(=O)O)c(C(=O)OC(C)(C)C)c1. The van der Waals surface area contributed by atoms with Gasteiger partial charge in [0, 0.05) is 0 Å². The highest BCUT2D eigenvalue weighted by atomic mass is 32.2. The van der Waals surface area contributed by atoms with Gasteiger partial charge in [0.05, 0.1) is 5.56 Å². The van der Waals surface area contributed by atoms with Gasteiger partial charge in [-0.15, -0.1) is 0 Å². The summed E-state index contributed by atoms with van der Waals surface area (Å²) in [5.74, 6) is -0.779. The summed E-state index contributed by atoms with van der Waals surface area (Å²) in [5.41, 5.74) is -0.201. The Hall–Kier alpha value is -1.40. The lowest BCUT2D eigenvalue weighted by molar-refractivity contribution is 0.00646. The summed E-state index contributed by atoms with van der Waals surface area (Å²) in [6.07, 6.45) is 0. The second kappa shape index (κ2) is 4.70. The van der Waals surface area contributed by atoms with Gasteiger partial charge in [-0.2, -0.15) is 8.42 Å². The minimum atomic E-state index is -4.45. The molecular formula is C12H16O5S. The number of esters is 1. The topological polar surface area (TPSA) is 80.7 Å². The first-order valence-electron chi connectivity index (χ1n) is 5.32. The van der Waals surface area contributed by atoms with Gasteiger partial charge in [-0.25, -0.2) is 4.79 Å². The maximum atomic E-state index is 11.9. The van der Waals surface area contributed by atoms with E-state index in [9.17, 15) is 13.2 Å². The molecule has 0 spiro atoms. The fourth-order valence-electron chi connectivity index (χ4n) is 1.36. The number of carbonyl (C=O) groups excluding carboxylic acids is 1. The van der Waals surface area contributed by atoms with Crippen molar-refractivity contribution in [3.8, 4) is 0 Å². The molecule has 0 aliphatic heterocycles. The first-order valence-corrected chi connectivity index (χ1v) is 6.76. The van der Waals surface area contributed by atoms with E-state index in [1.54, 1.807) is 27.7 Å². The van der Waals surface area contributed by atoms with E-state index in [1.165, 1.54) is 18.2 Å². The second-order valence-corrected chi connectivity index (χ2v) is 6.37.